The number of hydrogen-bond donors (Lipinski definition) is 7. The molecule has 6 aromatic rings. The molecule has 0 aliphatic heterocycles. The number of hydrogen-bond acceptors (Lipinski definition) is 19. The maximum absolute atomic E-state index is 12.2. The molecule has 0 aromatic heterocycles. The number of sulfone groups is 1. The predicted octanol–water partition coefficient (Wildman–Crippen LogP) is 8.11. The standard InChI is InChI=1S/C19H32N2O6S.C17H28N2O5S.C13H20N2O4S.C10H13NO.C9H10O.C8H10O2S/c1-17-5-7-19(8-6-17)28(23,24)21-10-4-12-26-14-16-27-15-13-25-11-3-9-20-18(2)22;1-13-5-7-17(8-6-13)25(21,22)19-15(3)12-24-10-9-23-11-14(2)18-16(4)20;1-11-3-5-13(6-4-11)20(17,18)15-8-10-19-9-7-14-12(2)16;1-8-3-5-10(6-4-8)7-11-9(2)12;1-7-3-5-9(6-4-7)8(2)10;1-7-3-5-8(6-4-7)11(2,9)10/h5-8,21H,3-4,9-16H2,1-2H3,(H,20,22);5-8,14-15,19H,9-12H2,1-4H3,(H,18,20);3-6,15H,7-10H2,1-2H3,(H,14,16);3-6H,7H2,1-2H3,(H,11,12);3-6H,1-2H3;3-6H,1-2H3. The number of ketones is 1. The van der Waals surface area contributed by atoms with Crippen LogP contribution in [0.2, 0.25) is 0 Å². The van der Waals surface area contributed by atoms with E-state index in [-0.39, 0.29) is 75.9 Å². The zero-order chi connectivity index (χ0) is 79.6. The van der Waals surface area contributed by atoms with Crippen LogP contribution in [-0.2, 0) is 94.1 Å². The summed E-state index contributed by atoms with van der Waals surface area (Å²) in [5, 5.41) is 10.7. The van der Waals surface area contributed by atoms with Gasteiger partial charge in [-0.25, -0.2) is 47.8 Å². The molecule has 0 spiro atoms. The largest absolute Gasteiger partial charge is 0.379 e. The zero-order valence-corrected chi connectivity index (χ0v) is 67.1. The predicted molar refractivity (Wildman–Crippen MR) is 413 cm³/mol. The van der Waals surface area contributed by atoms with Crippen LogP contribution in [0.25, 0.3) is 0 Å². The first-order valence-electron chi connectivity index (χ1n) is 34.5. The second-order valence-corrected chi connectivity index (χ2v) is 31.8. The topological polar surface area (TPSA) is 361 Å². The Morgan fingerprint density at radius 1 is 0.340 bits per heavy atom. The highest BCUT2D eigenvalue weighted by Crippen LogP contribution is 2.14. The van der Waals surface area contributed by atoms with Gasteiger partial charge in [-0.1, -0.05) is 130 Å². The molecule has 26 nitrogen and oxygen atoms in total. The van der Waals surface area contributed by atoms with Gasteiger partial charge >= 0.3 is 0 Å². The lowest BCUT2D eigenvalue weighted by Gasteiger charge is -2.15. The number of nitrogens with one attached hydrogen (secondary N) is 7. The van der Waals surface area contributed by atoms with Gasteiger partial charge in [0.05, 0.1) is 85.7 Å². The van der Waals surface area contributed by atoms with Crippen LogP contribution < -0.4 is 35.4 Å². The van der Waals surface area contributed by atoms with E-state index in [1.165, 1.54) is 45.1 Å². The summed E-state index contributed by atoms with van der Waals surface area (Å²) in [6.07, 6.45) is 2.57. The third kappa shape index (κ3) is 49.2. The van der Waals surface area contributed by atoms with Gasteiger partial charge in [0.2, 0.25) is 53.7 Å². The van der Waals surface area contributed by atoms with Crippen molar-refractivity contribution < 1.29 is 86.1 Å². The first-order chi connectivity index (χ1) is 49.9. The molecule has 0 radical (unpaired) electrons. The summed E-state index contributed by atoms with van der Waals surface area (Å²) in [5.74, 6) is -0.113. The molecule has 7 N–H and O–H groups in total. The minimum atomic E-state index is -3.55. The van der Waals surface area contributed by atoms with Gasteiger partial charge in [-0.3, -0.25) is 24.0 Å². The molecule has 590 valence electrons. The van der Waals surface area contributed by atoms with Gasteiger partial charge in [-0.05, 0) is 129 Å². The van der Waals surface area contributed by atoms with E-state index in [9.17, 15) is 57.6 Å². The van der Waals surface area contributed by atoms with Crippen LogP contribution in [0.15, 0.2) is 165 Å². The summed E-state index contributed by atoms with van der Waals surface area (Å²) < 4.78 is 134. The summed E-state index contributed by atoms with van der Waals surface area (Å²) in [5.41, 5.74) is 8.43. The highest BCUT2D eigenvalue weighted by Gasteiger charge is 2.18. The Hall–Kier alpha value is -7.69. The molecule has 6 aromatic carbocycles. The number of rotatable bonds is 39. The van der Waals surface area contributed by atoms with Gasteiger partial charge in [0.15, 0.2) is 15.6 Å². The molecular formula is C76H113N7O19S4. The Bertz CT molecular complexity index is 3950. The van der Waals surface area contributed by atoms with Gasteiger partial charge in [0, 0.05) is 97.5 Å². The van der Waals surface area contributed by atoms with E-state index in [1.54, 1.807) is 111 Å². The van der Waals surface area contributed by atoms with Crippen molar-refractivity contribution >= 4 is 69.3 Å². The van der Waals surface area contributed by atoms with Crippen molar-refractivity contribution in [3.05, 3.63) is 190 Å². The number of Topliss-reactive ketones (excluding diaryl/α,β-unsaturated/α-hetero) is 1. The average Bonchev–Trinajstić information content (AvgIpc) is 0.848. The van der Waals surface area contributed by atoms with E-state index in [0.717, 1.165) is 39.8 Å². The normalized spacial score (nSPS) is 11.6. The molecule has 2 atom stereocenters. The SMILES string of the molecule is CC(=O)NC(C)COCCOCC(C)NS(=O)(=O)c1ccc(C)cc1.CC(=O)NCCCOCCOCCOCCCNS(=O)(=O)c1ccc(C)cc1.CC(=O)NCCOCCNS(=O)(=O)c1ccc(C)cc1.CC(=O)NCc1ccc(C)cc1.CC(=O)c1ccc(C)cc1.Cc1ccc(S(C)(=O)=O)cc1. The van der Waals surface area contributed by atoms with E-state index < -0.39 is 39.9 Å². The fraction of sp³-hybridized carbons (Fsp3) is 0.461. The average molecular weight is 1560 g/mol. The minimum absolute atomic E-state index is 0.00979. The molecule has 106 heavy (non-hydrogen) atoms. The molecule has 0 saturated carbocycles. The zero-order valence-electron chi connectivity index (χ0n) is 63.8. The van der Waals surface area contributed by atoms with Crippen molar-refractivity contribution in [2.75, 3.05) is 112 Å². The van der Waals surface area contributed by atoms with Crippen molar-refractivity contribution in [1.29, 1.82) is 0 Å². The van der Waals surface area contributed by atoms with E-state index in [4.69, 9.17) is 28.4 Å². The highest BCUT2D eigenvalue weighted by molar-refractivity contribution is 7.91. The van der Waals surface area contributed by atoms with E-state index in [2.05, 4.69) is 35.4 Å². The van der Waals surface area contributed by atoms with E-state index in [1.807, 2.05) is 97.0 Å². The van der Waals surface area contributed by atoms with Crippen LogP contribution in [0.4, 0.5) is 0 Å². The van der Waals surface area contributed by atoms with E-state index in [0.29, 0.717) is 104 Å². The first-order valence-corrected chi connectivity index (χ1v) is 40.8. The molecule has 0 heterocycles. The maximum atomic E-state index is 12.2. The first kappa shape index (κ1) is 96.3. The van der Waals surface area contributed by atoms with Crippen LogP contribution in [0.1, 0.15) is 111 Å². The Kier molecular flexibility index (Phi) is 49.1. The van der Waals surface area contributed by atoms with Crippen LogP contribution in [-0.4, -0.2) is 187 Å². The van der Waals surface area contributed by atoms with Gasteiger partial charge in [-0.2, -0.15) is 0 Å². The van der Waals surface area contributed by atoms with Crippen molar-refractivity contribution in [2.24, 2.45) is 0 Å². The number of carbonyl (C=O) groups is 5. The van der Waals surface area contributed by atoms with Gasteiger partial charge in [-0.15, -0.1) is 0 Å². The molecular weight excluding hydrogens is 1440 g/mol. The lowest BCUT2D eigenvalue weighted by molar-refractivity contribution is -0.120. The summed E-state index contributed by atoms with van der Waals surface area (Å²) in [7, 11) is -13.5. The molecule has 0 fully saturated rings. The molecule has 30 heteroatoms. The molecule has 4 amide bonds. The molecule has 0 bridgehead atoms. The third-order valence-corrected chi connectivity index (χ3v) is 19.7. The van der Waals surface area contributed by atoms with Crippen molar-refractivity contribution in [1.82, 2.24) is 35.4 Å². The molecule has 0 aliphatic rings. The molecule has 6 rings (SSSR count). The number of aryl methyl sites for hydroxylation is 6. The minimum Gasteiger partial charge on any atom is -0.379 e. The van der Waals surface area contributed by atoms with Crippen LogP contribution >= 0.6 is 0 Å². The lowest BCUT2D eigenvalue weighted by Crippen LogP contribution is -2.36. The molecule has 0 aliphatic carbocycles. The van der Waals surface area contributed by atoms with Gasteiger partial charge in [0.25, 0.3) is 0 Å². The van der Waals surface area contributed by atoms with Crippen molar-refractivity contribution in [3.8, 4) is 0 Å². The summed E-state index contributed by atoms with van der Waals surface area (Å²) in [6, 6.07) is 42.1. The smallest absolute Gasteiger partial charge is 0.240 e. The number of amides is 4. The second kappa shape index (κ2) is 54.0. The Morgan fingerprint density at radius 2 is 0.660 bits per heavy atom. The van der Waals surface area contributed by atoms with Crippen molar-refractivity contribution in [2.45, 2.75) is 141 Å². The Balaban J connectivity index is 0.000000661. The van der Waals surface area contributed by atoms with E-state index >= 15 is 0 Å². The quantitative estimate of drug-likeness (QED) is 0.0141. The molecule has 2 unspecified atom stereocenters. The Labute approximate surface area is 630 Å². The number of carbonyl (C=O) groups excluding carboxylic acids is 5. The second-order valence-electron chi connectivity index (χ2n) is 24.5. The highest BCUT2D eigenvalue weighted by atomic mass is 32.2. The summed E-state index contributed by atoms with van der Waals surface area (Å²) >= 11 is 0. The fourth-order valence-electron chi connectivity index (χ4n) is 8.23. The maximum Gasteiger partial charge on any atom is 0.240 e. The summed E-state index contributed by atoms with van der Waals surface area (Å²) in [6.45, 7) is 29.8. The van der Waals surface area contributed by atoms with Crippen LogP contribution in [0.3, 0.4) is 0 Å². The molecule has 0 saturated heterocycles. The number of benzene rings is 6. The van der Waals surface area contributed by atoms with Gasteiger partial charge < -0.3 is 49.7 Å². The van der Waals surface area contributed by atoms with Crippen LogP contribution in [0, 0.1) is 41.5 Å². The number of sulfonamides is 3. The Morgan fingerprint density at radius 3 is 1.06 bits per heavy atom. The fourth-order valence-corrected chi connectivity index (χ4v) is 12.2. The third-order valence-electron chi connectivity index (χ3n) is 14.0. The number of ether oxygens (including phenoxy) is 6. The van der Waals surface area contributed by atoms with Gasteiger partial charge in [0.1, 0.15) is 0 Å². The lowest BCUT2D eigenvalue weighted by atomic mass is 10.1. The van der Waals surface area contributed by atoms with Crippen molar-refractivity contribution in [3.63, 3.8) is 0 Å². The van der Waals surface area contributed by atoms with Crippen LogP contribution in [0.5, 0.6) is 0 Å². The summed E-state index contributed by atoms with van der Waals surface area (Å²) in [4.78, 5) is 54.5. The monoisotopic (exact) mass is 1560 g/mol.